The van der Waals surface area contributed by atoms with E-state index in [9.17, 15) is 8.78 Å². The van der Waals surface area contributed by atoms with Crippen LogP contribution in [0.1, 0.15) is 29.7 Å². The van der Waals surface area contributed by atoms with Crippen LogP contribution in [0.15, 0.2) is 39.3 Å². The summed E-state index contributed by atoms with van der Waals surface area (Å²) in [5, 5.41) is 3.21. The Morgan fingerprint density at radius 3 is 2.38 bits per heavy atom. The van der Waals surface area contributed by atoms with Crippen molar-refractivity contribution in [1.29, 1.82) is 0 Å². The molecule has 2 rings (SSSR count). The summed E-state index contributed by atoms with van der Waals surface area (Å²) >= 11 is 6.45. The Bertz CT molecular complexity index is 659. The second kappa shape index (κ2) is 6.99. The predicted molar refractivity (Wildman–Crippen MR) is 88.5 cm³/mol. The lowest BCUT2D eigenvalue weighted by Crippen LogP contribution is -2.23. The van der Waals surface area contributed by atoms with E-state index in [1.54, 1.807) is 0 Å². The summed E-state index contributed by atoms with van der Waals surface area (Å²) in [7, 11) is 0. The van der Waals surface area contributed by atoms with Gasteiger partial charge in [0.2, 0.25) is 0 Å². The van der Waals surface area contributed by atoms with Gasteiger partial charge in [0.1, 0.15) is 11.6 Å². The van der Waals surface area contributed by atoms with Crippen LogP contribution in [0.3, 0.4) is 0 Å². The van der Waals surface area contributed by atoms with Gasteiger partial charge in [-0.3, -0.25) is 0 Å². The molecule has 0 saturated heterocycles. The number of halogens is 4. The Morgan fingerprint density at radius 2 is 1.76 bits per heavy atom. The Hall–Kier alpha value is -0.780. The standard InChI is InChI=1S/C16H15Br2F2N/c1-3-21-16(10-4-5-12(17)9(2)6-10)11-7-15(20)13(18)8-14(11)19/h4-8,16,21H,3H2,1-2H3. The van der Waals surface area contributed by atoms with Crippen LogP contribution in [-0.4, -0.2) is 6.54 Å². The van der Waals surface area contributed by atoms with Crippen molar-refractivity contribution in [3.05, 3.63) is 67.6 Å². The van der Waals surface area contributed by atoms with E-state index in [0.29, 0.717) is 12.1 Å². The molecule has 0 radical (unpaired) electrons. The van der Waals surface area contributed by atoms with E-state index in [0.717, 1.165) is 15.6 Å². The molecule has 2 aromatic rings. The molecule has 0 aliphatic carbocycles. The lowest BCUT2D eigenvalue weighted by molar-refractivity contribution is 0.542. The largest absolute Gasteiger partial charge is 0.306 e. The average molecular weight is 419 g/mol. The maximum atomic E-state index is 14.2. The molecule has 2 aromatic carbocycles. The van der Waals surface area contributed by atoms with E-state index < -0.39 is 11.6 Å². The third-order valence-corrected chi connectivity index (χ3v) is 4.77. The zero-order chi connectivity index (χ0) is 15.6. The quantitative estimate of drug-likeness (QED) is 0.646. The number of aryl methyl sites for hydroxylation is 1. The topological polar surface area (TPSA) is 12.0 Å². The monoisotopic (exact) mass is 417 g/mol. The first-order valence-electron chi connectivity index (χ1n) is 6.58. The molecule has 21 heavy (non-hydrogen) atoms. The van der Waals surface area contributed by atoms with E-state index in [-0.39, 0.29) is 10.5 Å². The molecule has 0 bridgehead atoms. The van der Waals surface area contributed by atoms with Crippen molar-refractivity contribution in [3.63, 3.8) is 0 Å². The highest BCUT2D eigenvalue weighted by atomic mass is 79.9. The first-order valence-corrected chi connectivity index (χ1v) is 8.16. The molecule has 0 aliphatic heterocycles. The summed E-state index contributed by atoms with van der Waals surface area (Å²) in [6.45, 7) is 4.55. The second-order valence-corrected chi connectivity index (χ2v) is 6.50. The molecule has 0 spiro atoms. The van der Waals surface area contributed by atoms with Gasteiger partial charge in [0, 0.05) is 10.0 Å². The molecule has 0 saturated carbocycles. The van der Waals surface area contributed by atoms with Crippen LogP contribution in [0.2, 0.25) is 0 Å². The smallest absolute Gasteiger partial charge is 0.137 e. The van der Waals surface area contributed by atoms with E-state index >= 15 is 0 Å². The van der Waals surface area contributed by atoms with E-state index in [2.05, 4.69) is 37.2 Å². The molecule has 112 valence electrons. The number of benzene rings is 2. The molecule has 1 N–H and O–H groups in total. The highest BCUT2D eigenvalue weighted by Gasteiger charge is 2.19. The second-order valence-electron chi connectivity index (χ2n) is 4.79. The lowest BCUT2D eigenvalue weighted by atomic mass is 9.96. The van der Waals surface area contributed by atoms with Gasteiger partial charge in [-0.15, -0.1) is 0 Å². The fourth-order valence-corrected chi connectivity index (χ4v) is 2.78. The highest BCUT2D eigenvalue weighted by molar-refractivity contribution is 9.10. The molecule has 0 amide bonds. The van der Waals surface area contributed by atoms with Crippen LogP contribution in [0.25, 0.3) is 0 Å². The number of rotatable bonds is 4. The summed E-state index contributed by atoms with van der Waals surface area (Å²) in [5.41, 5.74) is 2.26. The molecule has 0 heterocycles. The van der Waals surface area contributed by atoms with Gasteiger partial charge in [-0.05, 0) is 58.7 Å². The van der Waals surface area contributed by atoms with Crippen molar-refractivity contribution >= 4 is 31.9 Å². The van der Waals surface area contributed by atoms with Crippen molar-refractivity contribution in [2.24, 2.45) is 0 Å². The first-order chi connectivity index (χ1) is 9.93. The molecule has 0 aliphatic rings. The highest BCUT2D eigenvalue weighted by Crippen LogP contribution is 2.30. The fourth-order valence-electron chi connectivity index (χ4n) is 2.22. The summed E-state index contributed by atoms with van der Waals surface area (Å²) in [6.07, 6.45) is 0. The van der Waals surface area contributed by atoms with Crippen molar-refractivity contribution in [2.75, 3.05) is 6.54 Å². The minimum Gasteiger partial charge on any atom is -0.306 e. The van der Waals surface area contributed by atoms with Gasteiger partial charge in [0.25, 0.3) is 0 Å². The molecule has 1 atom stereocenters. The molecule has 0 aromatic heterocycles. The van der Waals surface area contributed by atoms with Crippen molar-refractivity contribution < 1.29 is 8.78 Å². The van der Waals surface area contributed by atoms with Crippen molar-refractivity contribution in [1.82, 2.24) is 5.32 Å². The van der Waals surface area contributed by atoms with E-state index in [1.165, 1.54) is 12.1 Å². The number of nitrogens with one attached hydrogen (secondary N) is 1. The van der Waals surface area contributed by atoms with Crippen LogP contribution in [0.4, 0.5) is 8.78 Å². The number of hydrogen-bond donors (Lipinski definition) is 1. The van der Waals surface area contributed by atoms with Crippen molar-refractivity contribution in [2.45, 2.75) is 19.9 Å². The molecule has 1 nitrogen and oxygen atoms in total. The fraction of sp³-hybridized carbons (Fsp3) is 0.250. The third-order valence-electron chi connectivity index (χ3n) is 3.27. The van der Waals surface area contributed by atoms with E-state index in [4.69, 9.17) is 0 Å². The lowest BCUT2D eigenvalue weighted by Gasteiger charge is -2.21. The minimum absolute atomic E-state index is 0.131. The van der Waals surface area contributed by atoms with Crippen LogP contribution < -0.4 is 5.32 Å². The predicted octanol–water partition coefficient (Wildman–Crippen LogP) is 5.50. The summed E-state index contributed by atoms with van der Waals surface area (Å²) in [5.74, 6) is -0.905. The average Bonchev–Trinajstić information content (AvgIpc) is 2.44. The van der Waals surface area contributed by atoms with Crippen LogP contribution in [0, 0.1) is 18.6 Å². The number of hydrogen-bond acceptors (Lipinski definition) is 1. The maximum absolute atomic E-state index is 14.2. The Labute approximate surface area is 140 Å². The molecule has 5 heteroatoms. The van der Waals surface area contributed by atoms with Gasteiger partial charge in [-0.2, -0.15) is 0 Å². The zero-order valence-corrected chi connectivity index (χ0v) is 14.9. The SMILES string of the molecule is CCNC(c1ccc(Br)c(C)c1)c1cc(F)c(Br)cc1F. The zero-order valence-electron chi connectivity index (χ0n) is 11.7. The summed E-state index contributed by atoms with van der Waals surface area (Å²) < 4.78 is 29.1. The Balaban J connectivity index is 2.52. The van der Waals surface area contributed by atoms with Gasteiger partial charge in [-0.1, -0.05) is 35.0 Å². The van der Waals surface area contributed by atoms with Gasteiger partial charge >= 0.3 is 0 Å². The van der Waals surface area contributed by atoms with Gasteiger partial charge < -0.3 is 5.32 Å². The molecular formula is C16H15Br2F2N. The minimum atomic E-state index is -0.469. The van der Waals surface area contributed by atoms with Gasteiger partial charge in [0.05, 0.1) is 10.5 Å². The van der Waals surface area contributed by atoms with Crippen molar-refractivity contribution in [3.8, 4) is 0 Å². The van der Waals surface area contributed by atoms with Gasteiger partial charge in [-0.25, -0.2) is 8.78 Å². The first kappa shape index (κ1) is 16.6. The molecule has 0 fully saturated rings. The van der Waals surface area contributed by atoms with Gasteiger partial charge in [0.15, 0.2) is 0 Å². The summed E-state index contributed by atoms with van der Waals surface area (Å²) in [4.78, 5) is 0. The molecule has 1 unspecified atom stereocenters. The normalized spacial score (nSPS) is 12.5. The maximum Gasteiger partial charge on any atom is 0.137 e. The van der Waals surface area contributed by atoms with Crippen LogP contribution >= 0.6 is 31.9 Å². The van der Waals surface area contributed by atoms with E-state index in [1.807, 2.05) is 32.0 Å². The summed E-state index contributed by atoms with van der Waals surface area (Å²) in [6, 6.07) is 7.82. The van der Waals surface area contributed by atoms with Crippen LogP contribution in [0.5, 0.6) is 0 Å². The van der Waals surface area contributed by atoms with Crippen LogP contribution in [-0.2, 0) is 0 Å². The molecular weight excluding hydrogens is 404 g/mol. The Morgan fingerprint density at radius 1 is 1.05 bits per heavy atom. The third kappa shape index (κ3) is 3.71. The Kier molecular flexibility index (Phi) is 5.52.